The number of carbonyl (C=O) groups is 2. The first-order chi connectivity index (χ1) is 4.81. The van der Waals surface area contributed by atoms with E-state index in [1.807, 2.05) is 0 Å². The summed E-state index contributed by atoms with van der Waals surface area (Å²) in [7, 11) is 2.75. The zero-order chi connectivity index (χ0) is 8.41. The van der Waals surface area contributed by atoms with E-state index >= 15 is 0 Å². The minimum atomic E-state index is -0.517. The maximum atomic E-state index is 10.1. The lowest BCUT2D eigenvalue weighted by atomic mass is 10.5. The van der Waals surface area contributed by atoms with Gasteiger partial charge in [-0.3, -0.25) is 4.79 Å². The highest BCUT2D eigenvalue weighted by Gasteiger charge is 1.85. The molecule has 4 heteroatoms. The molecular weight excluding hydrogens is 134 g/mol. The largest absolute Gasteiger partial charge is 0.466 e. The summed E-state index contributed by atoms with van der Waals surface area (Å²) in [6.45, 7) is 0. The van der Waals surface area contributed by atoms with Crippen molar-refractivity contribution in [3.8, 4) is 0 Å². The molecule has 0 radical (unpaired) electrons. The van der Waals surface area contributed by atoms with Gasteiger partial charge in [0, 0.05) is 6.08 Å². The highest BCUT2D eigenvalue weighted by molar-refractivity contribution is 5.86. The van der Waals surface area contributed by atoms with Gasteiger partial charge in [0.1, 0.15) is 6.29 Å². The first kappa shape index (κ1) is 11.6. The quantitative estimate of drug-likeness (QED) is 0.323. The molecule has 0 heterocycles. The summed E-state index contributed by atoms with van der Waals surface area (Å²) in [5.41, 5.74) is 4.50. The molecule has 0 aromatic carbocycles. The lowest BCUT2D eigenvalue weighted by Crippen LogP contribution is -1.93. The Morgan fingerprint density at radius 2 is 2.00 bits per heavy atom. The molecule has 0 saturated carbocycles. The van der Waals surface area contributed by atoms with E-state index in [4.69, 9.17) is 0 Å². The van der Waals surface area contributed by atoms with E-state index in [1.165, 1.54) is 14.2 Å². The number of rotatable bonds is 2. The smallest absolute Gasteiger partial charge is 0.330 e. The Hall–Kier alpha value is -1.16. The highest BCUT2D eigenvalue weighted by Crippen LogP contribution is 1.72. The van der Waals surface area contributed by atoms with Gasteiger partial charge < -0.3 is 10.5 Å². The van der Waals surface area contributed by atoms with Crippen LogP contribution in [0.2, 0.25) is 0 Å². The van der Waals surface area contributed by atoms with Crippen molar-refractivity contribution in [2.75, 3.05) is 14.2 Å². The predicted octanol–water partition coefficient (Wildman–Crippen LogP) is -0.511. The van der Waals surface area contributed by atoms with Gasteiger partial charge in [-0.1, -0.05) is 0 Å². The van der Waals surface area contributed by atoms with Crippen LogP contribution in [0.4, 0.5) is 0 Å². The van der Waals surface area contributed by atoms with Gasteiger partial charge in [-0.25, -0.2) is 4.79 Å². The monoisotopic (exact) mass is 145 g/mol. The molecule has 0 fully saturated rings. The molecule has 4 nitrogen and oxygen atoms in total. The number of nitrogens with two attached hydrogens (primary N) is 1. The van der Waals surface area contributed by atoms with Crippen molar-refractivity contribution in [2.24, 2.45) is 5.73 Å². The van der Waals surface area contributed by atoms with Crippen LogP contribution in [-0.2, 0) is 14.3 Å². The molecule has 0 amide bonds. The second-order valence-corrected chi connectivity index (χ2v) is 1.02. The second-order valence-electron chi connectivity index (χ2n) is 1.02. The molecule has 0 aliphatic rings. The molecule has 0 aromatic rings. The fourth-order valence-corrected chi connectivity index (χ4v) is 0.186. The van der Waals surface area contributed by atoms with Gasteiger partial charge in [-0.2, -0.15) is 0 Å². The molecular formula is C6H11NO3. The molecule has 0 unspecified atom stereocenters. The van der Waals surface area contributed by atoms with Crippen LogP contribution in [0, 0.1) is 0 Å². The SMILES string of the molecule is CN.COC(=O)/C=C/C=O. The maximum Gasteiger partial charge on any atom is 0.330 e. The highest BCUT2D eigenvalue weighted by atomic mass is 16.5. The van der Waals surface area contributed by atoms with Gasteiger partial charge >= 0.3 is 5.97 Å². The molecule has 0 saturated heterocycles. The van der Waals surface area contributed by atoms with Crippen LogP contribution in [0.3, 0.4) is 0 Å². The maximum absolute atomic E-state index is 10.1. The van der Waals surface area contributed by atoms with Crippen molar-refractivity contribution in [2.45, 2.75) is 0 Å². The average Bonchev–Trinajstić information content (AvgIpc) is 2.04. The van der Waals surface area contributed by atoms with Crippen molar-refractivity contribution in [1.29, 1.82) is 0 Å². The summed E-state index contributed by atoms with van der Waals surface area (Å²) in [6, 6.07) is 0. The summed E-state index contributed by atoms with van der Waals surface area (Å²) < 4.78 is 4.17. The number of carbonyl (C=O) groups excluding carboxylic acids is 2. The summed E-state index contributed by atoms with van der Waals surface area (Å²) in [4.78, 5) is 19.6. The minimum Gasteiger partial charge on any atom is -0.466 e. The predicted molar refractivity (Wildman–Crippen MR) is 37.3 cm³/mol. The lowest BCUT2D eigenvalue weighted by molar-refractivity contribution is -0.135. The molecule has 58 valence electrons. The lowest BCUT2D eigenvalue weighted by Gasteiger charge is -1.84. The molecule has 0 aliphatic heterocycles. The number of allylic oxidation sites excluding steroid dienone is 1. The topological polar surface area (TPSA) is 69.4 Å². The van der Waals surface area contributed by atoms with Crippen LogP contribution >= 0.6 is 0 Å². The first-order valence-electron chi connectivity index (χ1n) is 2.58. The third-order valence-electron chi connectivity index (χ3n) is 0.512. The van der Waals surface area contributed by atoms with Crippen LogP contribution in [0.5, 0.6) is 0 Å². The molecule has 0 rings (SSSR count). The third kappa shape index (κ3) is 9.96. The van der Waals surface area contributed by atoms with Gasteiger partial charge in [-0.15, -0.1) is 0 Å². The van der Waals surface area contributed by atoms with Crippen LogP contribution in [0.15, 0.2) is 12.2 Å². The Balaban J connectivity index is 0. The van der Waals surface area contributed by atoms with E-state index < -0.39 is 5.97 Å². The van der Waals surface area contributed by atoms with Crippen LogP contribution < -0.4 is 5.73 Å². The molecule has 0 aromatic heterocycles. The van der Waals surface area contributed by atoms with Gasteiger partial charge in [-0.05, 0) is 13.1 Å². The van der Waals surface area contributed by atoms with Crippen molar-refractivity contribution < 1.29 is 14.3 Å². The zero-order valence-electron chi connectivity index (χ0n) is 6.03. The Labute approximate surface area is 59.7 Å². The van der Waals surface area contributed by atoms with E-state index in [1.54, 1.807) is 0 Å². The van der Waals surface area contributed by atoms with E-state index in [9.17, 15) is 9.59 Å². The van der Waals surface area contributed by atoms with Crippen LogP contribution in [0.1, 0.15) is 0 Å². The van der Waals surface area contributed by atoms with E-state index in [0.717, 1.165) is 12.2 Å². The van der Waals surface area contributed by atoms with E-state index in [0.29, 0.717) is 6.29 Å². The van der Waals surface area contributed by atoms with Crippen LogP contribution in [-0.4, -0.2) is 26.4 Å². The zero-order valence-corrected chi connectivity index (χ0v) is 6.03. The fraction of sp³-hybridized carbons (Fsp3) is 0.333. The number of aldehydes is 1. The Kier molecular flexibility index (Phi) is 12.5. The van der Waals surface area contributed by atoms with E-state index in [-0.39, 0.29) is 0 Å². The van der Waals surface area contributed by atoms with Crippen molar-refractivity contribution in [3.05, 3.63) is 12.2 Å². The summed E-state index contributed by atoms with van der Waals surface area (Å²) in [5.74, 6) is -0.517. The first-order valence-corrected chi connectivity index (χ1v) is 2.58. The van der Waals surface area contributed by atoms with Crippen molar-refractivity contribution in [1.82, 2.24) is 0 Å². The summed E-state index contributed by atoms with van der Waals surface area (Å²) >= 11 is 0. The molecule has 0 spiro atoms. The number of hydrogen-bond donors (Lipinski definition) is 1. The average molecular weight is 145 g/mol. The van der Waals surface area contributed by atoms with Crippen LogP contribution in [0.25, 0.3) is 0 Å². The fourth-order valence-electron chi connectivity index (χ4n) is 0.186. The van der Waals surface area contributed by atoms with Crippen molar-refractivity contribution in [3.63, 3.8) is 0 Å². The number of esters is 1. The summed E-state index contributed by atoms with van der Waals surface area (Å²) in [5, 5.41) is 0. The Morgan fingerprint density at radius 1 is 1.50 bits per heavy atom. The number of ether oxygens (including phenoxy) is 1. The van der Waals surface area contributed by atoms with Crippen molar-refractivity contribution >= 4 is 12.3 Å². The van der Waals surface area contributed by atoms with Gasteiger partial charge in [0.2, 0.25) is 0 Å². The molecule has 2 N–H and O–H groups in total. The second kappa shape index (κ2) is 10.8. The third-order valence-corrected chi connectivity index (χ3v) is 0.512. The normalized spacial score (nSPS) is 7.90. The Bertz CT molecular complexity index is 120. The number of methoxy groups -OCH3 is 1. The standard InChI is InChI=1S/C5H6O3.CH5N/c1-8-5(7)3-2-4-6;1-2/h2-4H,1H3;2H2,1H3/b3-2+;. The van der Waals surface area contributed by atoms with Gasteiger partial charge in [0.15, 0.2) is 0 Å². The van der Waals surface area contributed by atoms with Gasteiger partial charge in [0.25, 0.3) is 0 Å². The molecule has 10 heavy (non-hydrogen) atoms. The Morgan fingerprint density at radius 3 is 2.30 bits per heavy atom. The molecule has 0 atom stereocenters. The van der Waals surface area contributed by atoms with Gasteiger partial charge in [0.05, 0.1) is 7.11 Å². The number of hydrogen-bond acceptors (Lipinski definition) is 4. The molecule has 0 bridgehead atoms. The minimum absolute atomic E-state index is 0.511. The van der Waals surface area contributed by atoms with E-state index in [2.05, 4.69) is 10.5 Å². The summed E-state index contributed by atoms with van der Waals surface area (Å²) in [6.07, 6.45) is 2.63. The molecule has 0 aliphatic carbocycles.